The molecule has 0 spiro atoms. The summed E-state index contributed by atoms with van der Waals surface area (Å²) in [6, 6.07) is 11.3. The van der Waals surface area contributed by atoms with Gasteiger partial charge in [0.25, 0.3) is 5.91 Å². The summed E-state index contributed by atoms with van der Waals surface area (Å²) in [5.74, 6) is 0.0106. The van der Waals surface area contributed by atoms with Crippen molar-refractivity contribution in [2.45, 2.75) is 31.6 Å². The van der Waals surface area contributed by atoms with Crippen LogP contribution in [0.15, 0.2) is 41.8 Å². The Kier molecular flexibility index (Phi) is 4.48. The molecule has 120 valence electrons. The van der Waals surface area contributed by atoms with Gasteiger partial charge in [0.15, 0.2) is 0 Å². The molecular formula is C18H20N2O2S. The van der Waals surface area contributed by atoms with E-state index in [0.717, 1.165) is 30.5 Å². The molecule has 0 aliphatic heterocycles. The first kappa shape index (κ1) is 15.7. The standard InChI is InChI=1S/C18H20N2O2S/c1-2-19-17(22)18(10-4-11-18)13-6-8-14(9-7-13)20-16(21)15-5-3-12-23-15/h3,5-9,12H,2,4,10-11H2,1H3,(H,19,22)(H,20,21). The van der Waals surface area contributed by atoms with Crippen molar-refractivity contribution in [2.24, 2.45) is 0 Å². The first-order valence-corrected chi connectivity index (χ1v) is 8.77. The molecule has 1 aliphatic carbocycles. The third kappa shape index (κ3) is 3.01. The van der Waals surface area contributed by atoms with E-state index in [2.05, 4.69) is 10.6 Å². The van der Waals surface area contributed by atoms with E-state index in [-0.39, 0.29) is 17.2 Å². The SMILES string of the molecule is CCNC(=O)C1(c2ccc(NC(=O)c3cccs3)cc2)CCC1. The van der Waals surface area contributed by atoms with Crippen LogP contribution in [0.1, 0.15) is 41.4 Å². The van der Waals surface area contributed by atoms with Crippen molar-refractivity contribution in [3.63, 3.8) is 0 Å². The summed E-state index contributed by atoms with van der Waals surface area (Å²) >= 11 is 1.41. The number of anilines is 1. The summed E-state index contributed by atoms with van der Waals surface area (Å²) < 4.78 is 0. The van der Waals surface area contributed by atoms with Gasteiger partial charge in [-0.1, -0.05) is 24.6 Å². The fraction of sp³-hybridized carbons (Fsp3) is 0.333. The molecule has 1 saturated carbocycles. The molecule has 2 N–H and O–H groups in total. The number of amides is 2. The summed E-state index contributed by atoms with van der Waals surface area (Å²) in [5.41, 5.74) is 1.40. The van der Waals surface area contributed by atoms with Gasteiger partial charge < -0.3 is 10.6 Å². The molecule has 1 aliphatic rings. The fourth-order valence-corrected chi connectivity index (χ4v) is 3.60. The van der Waals surface area contributed by atoms with E-state index in [1.807, 2.05) is 42.6 Å². The zero-order chi connectivity index (χ0) is 16.3. The molecular weight excluding hydrogens is 308 g/mol. The van der Waals surface area contributed by atoms with Gasteiger partial charge in [0.05, 0.1) is 10.3 Å². The smallest absolute Gasteiger partial charge is 0.265 e. The Morgan fingerprint density at radius 1 is 1.17 bits per heavy atom. The highest BCUT2D eigenvalue weighted by Crippen LogP contribution is 2.44. The lowest BCUT2D eigenvalue weighted by atomic mass is 9.64. The number of hydrogen-bond acceptors (Lipinski definition) is 3. The number of carbonyl (C=O) groups is 2. The van der Waals surface area contributed by atoms with E-state index in [1.54, 1.807) is 6.07 Å². The van der Waals surface area contributed by atoms with Crippen molar-refractivity contribution >= 4 is 28.8 Å². The molecule has 2 amide bonds. The summed E-state index contributed by atoms with van der Waals surface area (Å²) in [6.07, 6.45) is 2.85. The van der Waals surface area contributed by atoms with Crippen molar-refractivity contribution in [1.29, 1.82) is 0 Å². The molecule has 0 atom stereocenters. The second-order valence-corrected chi connectivity index (χ2v) is 6.75. The van der Waals surface area contributed by atoms with Gasteiger partial charge >= 0.3 is 0 Å². The predicted octanol–water partition coefficient (Wildman–Crippen LogP) is 3.56. The van der Waals surface area contributed by atoms with Crippen LogP contribution in [0.5, 0.6) is 0 Å². The highest BCUT2D eigenvalue weighted by atomic mass is 32.1. The first-order chi connectivity index (χ1) is 11.2. The molecule has 5 heteroatoms. The van der Waals surface area contributed by atoms with Gasteiger partial charge in [0.1, 0.15) is 0 Å². The maximum Gasteiger partial charge on any atom is 0.265 e. The summed E-state index contributed by atoms with van der Waals surface area (Å²) in [5, 5.41) is 7.71. The zero-order valence-corrected chi connectivity index (χ0v) is 13.9. The van der Waals surface area contributed by atoms with Crippen LogP contribution in [0.2, 0.25) is 0 Å². The van der Waals surface area contributed by atoms with E-state index in [1.165, 1.54) is 11.3 Å². The molecule has 0 unspecified atom stereocenters. The molecule has 1 aromatic heterocycles. The Hall–Kier alpha value is -2.14. The average molecular weight is 328 g/mol. The van der Waals surface area contributed by atoms with Crippen LogP contribution in [0.4, 0.5) is 5.69 Å². The van der Waals surface area contributed by atoms with Gasteiger partial charge in [0, 0.05) is 12.2 Å². The lowest BCUT2D eigenvalue weighted by molar-refractivity contribution is -0.129. The molecule has 0 saturated heterocycles. The van der Waals surface area contributed by atoms with E-state index < -0.39 is 0 Å². The monoisotopic (exact) mass is 328 g/mol. The molecule has 0 bridgehead atoms. The molecule has 0 radical (unpaired) electrons. The summed E-state index contributed by atoms with van der Waals surface area (Å²) in [7, 11) is 0. The number of benzene rings is 1. The minimum absolute atomic E-state index is 0.102. The lowest BCUT2D eigenvalue weighted by Crippen LogP contribution is -2.49. The number of nitrogens with one attached hydrogen (secondary N) is 2. The number of hydrogen-bond donors (Lipinski definition) is 2. The summed E-state index contributed by atoms with van der Waals surface area (Å²) in [6.45, 7) is 2.59. The number of rotatable bonds is 5. The van der Waals surface area contributed by atoms with E-state index >= 15 is 0 Å². The zero-order valence-electron chi connectivity index (χ0n) is 13.1. The molecule has 1 heterocycles. The second kappa shape index (κ2) is 6.54. The van der Waals surface area contributed by atoms with Gasteiger partial charge in [-0.15, -0.1) is 11.3 Å². The van der Waals surface area contributed by atoms with Crippen LogP contribution in [-0.2, 0) is 10.2 Å². The van der Waals surface area contributed by atoms with Crippen LogP contribution in [0.25, 0.3) is 0 Å². The molecule has 2 aromatic rings. The Morgan fingerprint density at radius 2 is 1.91 bits per heavy atom. The van der Waals surface area contributed by atoms with Crippen LogP contribution >= 0.6 is 11.3 Å². The predicted molar refractivity (Wildman–Crippen MR) is 92.9 cm³/mol. The van der Waals surface area contributed by atoms with E-state index in [9.17, 15) is 9.59 Å². The van der Waals surface area contributed by atoms with Crippen molar-refractivity contribution < 1.29 is 9.59 Å². The Balaban J connectivity index is 1.74. The molecule has 1 fully saturated rings. The Morgan fingerprint density at radius 3 is 2.43 bits per heavy atom. The number of thiophene rings is 1. The second-order valence-electron chi connectivity index (χ2n) is 5.80. The van der Waals surface area contributed by atoms with Crippen LogP contribution < -0.4 is 10.6 Å². The third-order valence-corrected chi connectivity index (χ3v) is 5.29. The van der Waals surface area contributed by atoms with Crippen LogP contribution in [-0.4, -0.2) is 18.4 Å². The van der Waals surface area contributed by atoms with Crippen molar-refractivity contribution in [1.82, 2.24) is 5.32 Å². The summed E-state index contributed by atoms with van der Waals surface area (Å²) in [4.78, 5) is 25.1. The van der Waals surface area contributed by atoms with Crippen molar-refractivity contribution in [2.75, 3.05) is 11.9 Å². The molecule has 3 rings (SSSR count). The quantitative estimate of drug-likeness (QED) is 0.882. The highest BCUT2D eigenvalue weighted by molar-refractivity contribution is 7.12. The van der Waals surface area contributed by atoms with Gasteiger partial charge in [0.2, 0.25) is 5.91 Å². The average Bonchev–Trinajstić information content (AvgIpc) is 3.02. The number of likely N-dealkylation sites (N-methyl/N-ethyl adjacent to an activating group) is 1. The van der Waals surface area contributed by atoms with E-state index in [0.29, 0.717) is 11.4 Å². The maximum atomic E-state index is 12.4. The van der Waals surface area contributed by atoms with Crippen molar-refractivity contribution in [3.05, 3.63) is 52.2 Å². The number of carbonyl (C=O) groups excluding carboxylic acids is 2. The van der Waals surface area contributed by atoms with Gasteiger partial charge in [-0.05, 0) is 48.9 Å². The molecule has 4 nitrogen and oxygen atoms in total. The van der Waals surface area contributed by atoms with E-state index in [4.69, 9.17) is 0 Å². The van der Waals surface area contributed by atoms with Crippen molar-refractivity contribution in [3.8, 4) is 0 Å². The van der Waals surface area contributed by atoms with Gasteiger partial charge in [-0.25, -0.2) is 0 Å². The van der Waals surface area contributed by atoms with Crippen LogP contribution in [0.3, 0.4) is 0 Å². The highest BCUT2D eigenvalue weighted by Gasteiger charge is 2.45. The third-order valence-electron chi connectivity index (χ3n) is 4.42. The normalized spacial score (nSPS) is 15.5. The Labute approximate surface area is 139 Å². The topological polar surface area (TPSA) is 58.2 Å². The lowest BCUT2D eigenvalue weighted by Gasteiger charge is -2.40. The van der Waals surface area contributed by atoms with Crippen LogP contribution in [0, 0.1) is 0 Å². The first-order valence-electron chi connectivity index (χ1n) is 7.89. The molecule has 23 heavy (non-hydrogen) atoms. The van der Waals surface area contributed by atoms with Gasteiger partial charge in [-0.2, -0.15) is 0 Å². The minimum atomic E-state index is -0.383. The Bertz CT molecular complexity index is 688. The fourth-order valence-electron chi connectivity index (χ4n) is 2.98. The maximum absolute atomic E-state index is 12.4. The largest absolute Gasteiger partial charge is 0.356 e. The minimum Gasteiger partial charge on any atom is -0.356 e. The van der Waals surface area contributed by atoms with Gasteiger partial charge in [-0.3, -0.25) is 9.59 Å². The molecule has 1 aromatic carbocycles.